The molecular weight excluding hydrogens is 1170 g/mol. The number of fused-ring (bicyclic) bond motifs is 8. The van der Waals surface area contributed by atoms with Crippen LogP contribution < -0.4 is 42.8 Å². The van der Waals surface area contributed by atoms with Crippen molar-refractivity contribution in [1.29, 1.82) is 0 Å². The number of ketones is 1. The molecule has 0 aliphatic carbocycles. The first kappa shape index (κ1) is 65.5. The summed E-state index contributed by atoms with van der Waals surface area (Å²) in [6.07, 6.45) is 11.1. The Morgan fingerprint density at radius 3 is 1.74 bits per heavy atom. The van der Waals surface area contributed by atoms with Crippen LogP contribution in [0.25, 0.3) is 16.6 Å². The van der Waals surface area contributed by atoms with E-state index < -0.39 is 0 Å². The zero-order valence-electron chi connectivity index (χ0n) is 54.4. The maximum atomic E-state index is 11.0. The van der Waals surface area contributed by atoms with Gasteiger partial charge in [0, 0.05) is 49.4 Å². The van der Waals surface area contributed by atoms with Gasteiger partial charge < -0.3 is 47.3 Å². The number of hydrogen-bond donors (Lipinski definition) is 0. The third-order valence-corrected chi connectivity index (χ3v) is 15.2. The largest absolute Gasteiger partial charge is 0.493 e. The average molecular weight is 1250 g/mol. The molecule has 18 heteroatoms. The standard InChI is InChI=1S/C12H10N4O.C10H13NO.C10H10O2.C10H12O.C9H10O2.C9H10O.C8H8O2.C7H7N3/c1-8-2-3-10-9(4-8)6-13-11(15-10)5-12-14-7-17-16-12;1-8-3-4-10-9(7-8)11(2)5-6-12-10;1-7-2-3-10-8(4-7)5-9(11)6-12-10;1-8-4-5-10-9(7-8)3-2-6-11-10;1-7-2-3-8-9(6-7)11-5-4-10-8;1-7-2-3-9-8(6-7)4-5-10-9;1-6-2-3-7-8(4-6)10-5-9-7;1-6-2-3-7-8-4-5-10(7)9-6/h2-4,6-7H,5H2,1H3;3-4,7H,5-6H2,1-2H3;2-4H,5-6H2,1H3;4-5,7H,2-3,6H2,1H3;2-3,6H,4-5H2,1H3;2-3,6H,4-5H2,1H3;2-4H,5H2,1H3;2-5H,1H3. The topological polar surface area (TPSA) is 189 Å². The molecule has 10 heterocycles. The molecule has 0 N–H and O–H groups in total. The monoisotopic (exact) mass is 1250 g/mol. The number of hydrogen-bond acceptors (Lipinski definition) is 17. The van der Waals surface area contributed by atoms with Crippen LogP contribution in [-0.4, -0.2) is 101 Å². The lowest BCUT2D eigenvalue weighted by Gasteiger charge is -2.27. The smallest absolute Gasteiger partial charge is 0.231 e. The van der Waals surface area contributed by atoms with E-state index in [0.29, 0.717) is 44.5 Å². The van der Waals surface area contributed by atoms with E-state index in [-0.39, 0.29) is 12.4 Å². The highest BCUT2D eigenvalue weighted by molar-refractivity contribution is 5.84. The molecule has 4 aromatic heterocycles. The fourth-order valence-electron chi connectivity index (χ4n) is 10.4. The Balaban J connectivity index is 0.000000117. The molecule has 7 aromatic carbocycles. The minimum atomic E-state index is 0.160. The summed E-state index contributed by atoms with van der Waals surface area (Å²) in [5.41, 5.74) is 16.5. The van der Waals surface area contributed by atoms with Crippen LogP contribution in [0.5, 0.6) is 46.0 Å². The summed E-state index contributed by atoms with van der Waals surface area (Å²) in [6, 6.07) is 46.8. The number of ether oxygens (including phenoxy) is 8. The summed E-state index contributed by atoms with van der Waals surface area (Å²) in [5.74, 6) is 8.93. The molecule has 0 saturated heterocycles. The molecule has 0 fully saturated rings. The zero-order valence-corrected chi connectivity index (χ0v) is 54.4. The molecule has 0 atom stereocenters. The maximum absolute atomic E-state index is 11.0. The number of nitrogens with zero attached hydrogens (tertiary/aromatic N) is 8. The molecule has 0 bridgehead atoms. The number of rotatable bonds is 2. The molecule has 18 nitrogen and oxygen atoms in total. The number of benzene rings is 7. The van der Waals surface area contributed by atoms with Gasteiger partial charge in [-0.05, 0) is 175 Å². The average Bonchev–Trinajstić information content (AvgIpc) is 2.64. The Morgan fingerprint density at radius 2 is 1.03 bits per heavy atom. The van der Waals surface area contributed by atoms with Crippen molar-refractivity contribution in [2.75, 3.05) is 64.9 Å². The molecule has 93 heavy (non-hydrogen) atoms. The van der Waals surface area contributed by atoms with Gasteiger partial charge in [-0.2, -0.15) is 10.1 Å². The van der Waals surface area contributed by atoms with E-state index >= 15 is 0 Å². The molecule has 0 amide bonds. The van der Waals surface area contributed by atoms with E-state index in [0.717, 1.165) is 113 Å². The van der Waals surface area contributed by atoms with Gasteiger partial charge in [-0.25, -0.2) is 19.5 Å². The van der Waals surface area contributed by atoms with Gasteiger partial charge in [-0.3, -0.25) is 4.79 Å². The second kappa shape index (κ2) is 32.0. The molecule has 480 valence electrons. The Hall–Kier alpha value is -10.5. The highest BCUT2D eigenvalue weighted by Gasteiger charge is 2.18. The summed E-state index contributed by atoms with van der Waals surface area (Å²) < 4.78 is 49.0. The minimum absolute atomic E-state index is 0.160. The highest BCUT2D eigenvalue weighted by atomic mass is 16.7. The molecule has 0 saturated carbocycles. The van der Waals surface area contributed by atoms with Crippen LogP contribution in [-0.2, 0) is 30.5 Å². The lowest BCUT2D eigenvalue weighted by Crippen LogP contribution is -2.28. The van der Waals surface area contributed by atoms with Gasteiger partial charge >= 0.3 is 0 Å². The van der Waals surface area contributed by atoms with Crippen molar-refractivity contribution in [1.82, 2.24) is 34.7 Å². The van der Waals surface area contributed by atoms with Gasteiger partial charge in [0.05, 0.1) is 43.1 Å². The summed E-state index contributed by atoms with van der Waals surface area (Å²) >= 11 is 0. The van der Waals surface area contributed by atoms with E-state index in [9.17, 15) is 4.79 Å². The lowest BCUT2D eigenvalue weighted by molar-refractivity contribution is -0.121. The molecular formula is C75H80N8O10. The first-order valence-electron chi connectivity index (χ1n) is 31.2. The maximum Gasteiger partial charge on any atom is 0.231 e. The number of Topliss-reactive ketones (excluding diaryl/α,β-unsaturated/α-hetero) is 1. The predicted molar refractivity (Wildman–Crippen MR) is 359 cm³/mol. The molecule has 11 aromatic rings. The fraction of sp³-hybridized carbons (Fsp3) is 0.293. The van der Waals surface area contributed by atoms with Gasteiger partial charge in [0.15, 0.2) is 40.3 Å². The number of aryl methyl sites for hydroxylation is 9. The second-order valence-corrected chi connectivity index (χ2v) is 23.2. The number of anilines is 1. The van der Waals surface area contributed by atoms with Crippen molar-refractivity contribution >= 4 is 28.0 Å². The van der Waals surface area contributed by atoms with Crippen molar-refractivity contribution in [3.8, 4) is 46.0 Å². The van der Waals surface area contributed by atoms with Crippen LogP contribution >= 0.6 is 0 Å². The Labute approximate surface area is 543 Å². The van der Waals surface area contributed by atoms with Crippen LogP contribution in [0.2, 0.25) is 0 Å². The summed E-state index contributed by atoms with van der Waals surface area (Å²) in [7, 11) is 2.10. The van der Waals surface area contributed by atoms with Gasteiger partial charge in [-0.1, -0.05) is 88.1 Å². The van der Waals surface area contributed by atoms with Gasteiger partial charge in [0.1, 0.15) is 55.2 Å². The van der Waals surface area contributed by atoms with Gasteiger partial charge in [-0.15, -0.1) is 0 Å². The Kier molecular flexibility index (Phi) is 22.5. The number of carbonyl (C=O) groups is 1. The lowest BCUT2D eigenvalue weighted by atomic mass is 10.0. The summed E-state index contributed by atoms with van der Waals surface area (Å²) in [6.45, 7) is 21.9. The number of aromatic nitrogens is 7. The molecule has 6 aliphatic heterocycles. The molecule has 0 unspecified atom stereocenters. The minimum Gasteiger partial charge on any atom is -0.493 e. The predicted octanol–water partition coefficient (Wildman–Crippen LogP) is 14.0. The van der Waals surface area contributed by atoms with Crippen molar-refractivity contribution in [2.45, 2.75) is 87.5 Å². The number of carbonyl (C=O) groups excluding carboxylic acids is 1. The molecule has 0 radical (unpaired) electrons. The van der Waals surface area contributed by atoms with E-state index in [1.54, 1.807) is 10.7 Å². The first-order chi connectivity index (χ1) is 45.1. The third-order valence-electron chi connectivity index (χ3n) is 15.2. The van der Waals surface area contributed by atoms with E-state index in [1.165, 1.54) is 68.6 Å². The molecule has 0 spiro atoms. The SMILES string of the molecule is Cc1ccc2c(c1)CC(=O)CO2.Cc1ccc2c(c1)CCCO2.Cc1ccc2c(c1)CCO2.Cc1ccc2c(c1)N(C)CCO2.Cc1ccc2c(c1)OCCO2.Cc1ccc2c(c1)OCO2.Cc1ccc2nc(Cc3ncon3)ncc2c1.Cc1ccc2nccn2n1. The highest BCUT2D eigenvalue weighted by Crippen LogP contribution is 2.34. The normalized spacial score (nSPS) is 13.6. The van der Waals surface area contributed by atoms with E-state index in [1.807, 2.05) is 132 Å². The number of imidazole rings is 1. The van der Waals surface area contributed by atoms with Crippen molar-refractivity contribution in [3.05, 3.63) is 237 Å². The fourth-order valence-corrected chi connectivity index (χ4v) is 10.4. The summed E-state index contributed by atoms with van der Waals surface area (Å²) in [4.78, 5) is 30.0. The van der Waals surface area contributed by atoms with Gasteiger partial charge in [0.25, 0.3) is 0 Å². The van der Waals surface area contributed by atoms with Gasteiger partial charge in [0.2, 0.25) is 13.2 Å². The first-order valence-corrected chi connectivity index (χ1v) is 31.2. The van der Waals surface area contributed by atoms with Crippen LogP contribution in [0, 0.1) is 55.4 Å². The second-order valence-electron chi connectivity index (χ2n) is 23.2. The number of likely N-dealkylation sites (N-methyl/N-ethyl adjacent to an activating group) is 1. The van der Waals surface area contributed by atoms with E-state index in [2.05, 4.69) is 122 Å². The van der Waals surface area contributed by atoms with Crippen LogP contribution in [0.3, 0.4) is 0 Å². The van der Waals surface area contributed by atoms with Crippen molar-refractivity contribution in [3.63, 3.8) is 0 Å². The third kappa shape index (κ3) is 19.0. The quantitative estimate of drug-likeness (QED) is 0.159. The molecule has 17 rings (SSSR count). The Morgan fingerprint density at radius 1 is 0.473 bits per heavy atom. The summed E-state index contributed by atoms with van der Waals surface area (Å²) in [5, 5.41) is 8.97. The van der Waals surface area contributed by atoms with Crippen molar-refractivity contribution < 1.29 is 47.2 Å². The van der Waals surface area contributed by atoms with Crippen molar-refractivity contribution in [2.24, 2.45) is 0 Å². The van der Waals surface area contributed by atoms with Crippen LogP contribution in [0.1, 0.15) is 79.4 Å². The van der Waals surface area contributed by atoms with E-state index in [4.69, 9.17) is 37.9 Å². The zero-order chi connectivity index (χ0) is 65.1. The van der Waals surface area contributed by atoms with Crippen LogP contribution in [0.15, 0.2) is 169 Å². The van der Waals surface area contributed by atoms with Crippen LogP contribution in [0.4, 0.5) is 5.69 Å². The molecule has 6 aliphatic rings. The Bertz CT molecular complexity index is 4170.